The van der Waals surface area contributed by atoms with Gasteiger partial charge in [-0.05, 0) is 54.8 Å². The SMILES string of the molecule is Brc1ccsc1Cc1sccc1Br. The van der Waals surface area contributed by atoms with Crippen molar-refractivity contribution in [2.75, 3.05) is 0 Å². The molecule has 0 atom stereocenters. The molecule has 4 heteroatoms. The van der Waals surface area contributed by atoms with Gasteiger partial charge in [-0.2, -0.15) is 0 Å². The highest BCUT2D eigenvalue weighted by molar-refractivity contribution is 9.11. The summed E-state index contributed by atoms with van der Waals surface area (Å²) in [4.78, 5) is 2.78. The normalized spacial score (nSPS) is 10.6. The number of hydrogen-bond donors (Lipinski definition) is 0. The summed E-state index contributed by atoms with van der Waals surface area (Å²) < 4.78 is 2.44. The van der Waals surface area contributed by atoms with Crippen LogP contribution in [0.1, 0.15) is 9.75 Å². The van der Waals surface area contributed by atoms with E-state index in [9.17, 15) is 0 Å². The second-order valence-electron chi connectivity index (χ2n) is 2.56. The molecule has 0 amide bonds. The lowest BCUT2D eigenvalue weighted by molar-refractivity contribution is 1.28. The number of halogens is 2. The Labute approximate surface area is 102 Å². The van der Waals surface area contributed by atoms with Crippen LogP contribution in [0, 0.1) is 0 Å². The zero-order chi connectivity index (χ0) is 9.26. The van der Waals surface area contributed by atoms with Gasteiger partial charge in [-0.3, -0.25) is 0 Å². The van der Waals surface area contributed by atoms with Gasteiger partial charge in [0.05, 0.1) is 0 Å². The molecule has 0 aliphatic rings. The Morgan fingerprint density at radius 2 is 1.38 bits per heavy atom. The van der Waals surface area contributed by atoms with E-state index < -0.39 is 0 Å². The van der Waals surface area contributed by atoms with Gasteiger partial charge in [0, 0.05) is 25.1 Å². The van der Waals surface area contributed by atoms with E-state index in [2.05, 4.69) is 54.8 Å². The van der Waals surface area contributed by atoms with E-state index in [1.54, 1.807) is 22.7 Å². The van der Waals surface area contributed by atoms with Crippen molar-refractivity contribution in [2.45, 2.75) is 6.42 Å². The van der Waals surface area contributed by atoms with Crippen LogP contribution in [0.2, 0.25) is 0 Å². The number of thiophene rings is 2. The lowest BCUT2D eigenvalue weighted by atomic mass is 10.3. The molecule has 0 saturated heterocycles. The lowest BCUT2D eigenvalue weighted by Gasteiger charge is -1.96. The van der Waals surface area contributed by atoms with Crippen molar-refractivity contribution in [3.05, 3.63) is 41.6 Å². The van der Waals surface area contributed by atoms with Crippen LogP contribution < -0.4 is 0 Å². The van der Waals surface area contributed by atoms with Crippen LogP contribution in [0.4, 0.5) is 0 Å². The van der Waals surface area contributed by atoms with Crippen LogP contribution in [0.15, 0.2) is 31.8 Å². The highest BCUT2D eigenvalue weighted by Gasteiger charge is 2.06. The van der Waals surface area contributed by atoms with Crippen LogP contribution in [0.25, 0.3) is 0 Å². The molecular weight excluding hydrogens is 332 g/mol. The molecule has 0 spiro atoms. The zero-order valence-electron chi connectivity index (χ0n) is 6.59. The number of hydrogen-bond acceptors (Lipinski definition) is 2. The van der Waals surface area contributed by atoms with Gasteiger partial charge in [-0.1, -0.05) is 0 Å². The Bertz CT molecular complexity index is 365. The molecule has 0 bridgehead atoms. The summed E-state index contributed by atoms with van der Waals surface area (Å²) in [5, 5.41) is 4.22. The van der Waals surface area contributed by atoms with Crippen LogP contribution in [-0.4, -0.2) is 0 Å². The standard InChI is InChI=1S/C9H6Br2S2/c10-6-1-3-12-8(6)5-9-7(11)2-4-13-9/h1-4H,5H2. The minimum absolute atomic E-state index is 1.02. The van der Waals surface area contributed by atoms with Crippen molar-refractivity contribution < 1.29 is 0 Å². The van der Waals surface area contributed by atoms with E-state index in [0.29, 0.717) is 0 Å². The first-order valence-corrected chi connectivity index (χ1v) is 7.05. The van der Waals surface area contributed by atoms with E-state index in [1.165, 1.54) is 18.7 Å². The lowest BCUT2D eigenvalue weighted by Crippen LogP contribution is -1.80. The van der Waals surface area contributed by atoms with Crippen molar-refractivity contribution in [3.8, 4) is 0 Å². The summed E-state index contributed by atoms with van der Waals surface area (Å²) in [5.74, 6) is 0. The second kappa shape index (κ2) is 4.26. The largest absolute Gasteiger partial charge is 0.147 e. The quantitative estimate of drug-likeness (QED) is 0.729. The van der Waals surface area contributed by atoms with Gasteiger partial charge in [-0.15, -0.1) is 22.7 Å². The molecule has 0 fully saturated rings. The van der Waals surface area contributed by atoms with E-state index in [4.69, 9.17) is 0 Å². The second-order valence-corrected chi connectivity index (χ2v) is 6.27. The molecule has 2 aromatic heterocycles. The van der Waals surface area contributed by atoms with Crippen LogP contribution in [-0.2, 0) is 6.42 Å². The molecule has 13 heavy (non-hydrogen) atoms. The first-order chi connectivity index (χ1) is 6.27. The molecule has 0 N–H and O–H groups in total. The molecule has 2 rings (SSSR count). The summed E-state index contributed by atoms with van der Waals surface area (Å²) in [6, 6.07) is 4.20. The van der Waals surface area contributed by atoms with Crippen LogP contribution in [0.5, 0.6) is 0 Å². The minimum atomic E-state index is 1.02. The van der Waals surface area contributed by atoms with Crippen molar-refractivity contribution in [2.24, 2.45) is 0 Å². The summed E-state index contributed by atoms with van der Waals surface area (Å²) >= 11 is 10.7. The van der Waals surface area contributed by atoms with E-state index in [1.807, 2.05) is 0 Å². The highest BCUT2D eigenvalue weighted by Crippen LogP contribution is 2.30. The maximum absolute atomic E-state index is 3.54. The fraction of sp³-hybridized carbons (Fsp3) is 0.111. The van der Waals surface area contributed by atoms with Crippen molar-refractivity contribution in [3.63, 3.8) is 0 Å². The monoisotopic (exact) mass is 336 g/mol. The molecule has 68 valence electrons. The van der Waals surface area contributed by atoms with E-state index in [-0.39, 0.29) is 0 Å². The Hall–Kier alpha value is 0.360. The van der Waals surface area contributed by atoms with Gasteiger partial charge in [0.1, 0.15) is 0 Å². The Balaban J connectivity index is 2.24. The van der Waals surface area contributed by atoms with Gasteiger partial charge >= 0.3 is 0 Å². The zero-order valence-corrected chi connectivity index (χ0v) is 11.4. The molecule has 2 heterocycles. The van der Waals surface area contributed by atoms with Crippen LogP contribution >= 0.6 is 54.5 Å². The Morgan fingerprint density at radius 3 is 1.69 bits per heavy atom. The molecule has 0 nitrogen and oxygen atoms in total. The Kier molecular flexibility index (Phi) is 3.24. The van der Waals surface area contributed by atoms with Gasteiger partial charge in [-0.25, -0.2) is 0 Å². The van der Waals surface area contributed by atoms with Crippen molar-refractivity contribution in [1.82, 2.24) is 0 Å². The Morgan fingerprint density at radius 1 is 0.923 bits per heavy atom. The van der Waals surface area contributed by atoms with Crippen molar-refractivity contribution >= 4 is 54.5 Å². The molecule has 2 aromatic rings. The van der Waals surface area contributed by atoms with Gasteiger partial charge < -0.3 is 0 Å². The van der Waals surface area contributed by atoms with Crippen molar-refractivity contribution in [1.29, 1.82) is 0 Å². The average Bonchev–Trinajstić information content (AvgIpc) is 2.65. The first-order valence-electron chi connectivity index (χ1n) is 3.71. The summed E-state index contributed by atoms with van der Waals surface area (Å²) in [6.07, 6.45) is 1.02. The topological polar surface area (TPSA) is 0 Å². The highest BCUT2D eigenvalue weighted by atomic mass is 79.9. The average molecular weight is 338 g/mol. The third kappa shape index (κ3) is 2.24. The predicted molar refractivity (Wildman–Crippen MR) is 66.8 cm³/mol. The molecule has 0 saturated carbocycles. The smallest absolute Gasteiger partial charge is 0.0318 e. The summed E-state index contributed by atoms with van der Waals surface area (Å²) in [6.45, 7) is 0. The third-order valence-corrected chi connectivity index (χ3v) is 5.56. The molecule has 0 aliphatic heterocycles. The summed E-state index contributed by atoms with van der Waals surface area (Å²) in [5.41, 5.74) is 0. The first kappa shape index (κ1) is 9.90. The fourth-order valence-corrected chi connectivity index (χ4v) is 4.15. The minimum Gasteiger partial charge on any atom is -0.147 e. The van der Waals surface area contributed by atoms with Gasteiger partial charge in [0.25, 0.3) is 0 Å². The van der Waals surface area contributed by atoms with E-state index >= 15 is 0 Å². The maximum atomic E-state index is 3.54. The van der Waals surface area contributed by atoms with Gasteiger partial charge in [0.2, 0.25) is 0 Å². The van der Waals surface area contributed by atoms with Gasteiger partial charge in [0.15, 0.2) is 0 Å². The molecular formula is C9H6Br2S2. The summed E-state index contributed by atoms with van der Waals surface area (Å²) in [7, 11) is 0. The number of rotatable bonds is 2. The molecule has 0 aromatic carbocycles. The maximum Gasteiger partial charge on any atom is 0.0318 e. The predicted octanol–water partition coefficient (Wildman–Crippen LogP) is 4.93. The molecule has 0 aliphatic carbocycles. The molecule has 0 unspecified atom stereocenters. The third-order valence-electron chi connectivity index (χ3n) is 1.70. The van der Waals surface area contributed by atoms with Crippen LogP contribution in [0.3, 0.4) is 0 Å². The molecule has 0 radical (unpaired) electrons. The fourth-order valence-electron chi connectivity index (χ4n) is 1.05. The van der Waals surface area contributed by atoms with E-state index in [0.717, 1.165) is 6.42 Å².